The molecule has 3 heterocycles. The molecule has 2 fully saturated rings. The van der Waals surface area contributed by atoms with Gasteiger partial charge in [-0.05, 0) is 36.8 Å². The summed E-state index contributed by atoms with van der Waals surface area (Å²) < 4.78 is 0. The third-order valence-electron chi connectivity index (χ3n) is 5.15. The first-order valence-electron chi connectivity index (χ1n) is 9.17. The molecule has 7 heteroatoms. The smallest absolute Gasteiger partial charge is 0.254 e. The summed E-state index contributed by atoms with van der Waals surface area (Å²) in [5, 5.41) is 0.504. The van der Waals surface area contributed by atoms with Gasteiger partial charge in [0.15, 0.2) is 0 Å². The molecule has 1 aromatic carbocycles. The van der Waals surface area contributed by atoms with Crippen molar-refractivity contribution in [3.05, 3.63) is 53.3 Å². The molecule has 0 bridgehead atoms. The Balaban J connectivity index is 1.47. The summed E-state index contributed by atoms with van der Waals surface area (Å²) >= 11 is 6.29. The number of carbonyl (C=O) groups excluding carboxylic acids is 2. The molecule has 0 spiro atoms. The van der Waals surface area contributed by atoms with Crippen LogP contribution in [-0.2, 0) is 4.79 Å². The van der Waals surface area contributed by atoms with E-state index in [2.05, 4.69) is 9.88 Å². The Kier molecular flexibility index (Phi) is 4.99. The number of nitrogens with zero attached hydrogens (tertiary/aromatic N) is 4. The van der Waals surface area contributed by atoms with Crippen LogP contribution in [0.3, 0.4) is 0 Å². The van der Waals surface area contributed by atoms with Gasteiger partial charge < -0.3 is 14.7 Å². The van der Waals surface area contributed by atoms with Gasteiger partial charge >= 0.3 is 0 Å². The van der Waals surface area contributed by atoms with E-state index in [0.717, 1.165) is 25.2 Å². The molecule has 0 radical (unpaired) electrons. The molecule has 140 valence electrons. The topological polar surface area (TPSA) is 56.8 Å². The summed E-state index contributed by atoms with van der Waals surface area (Å²) in [5.41, 5.74) is 2.34. The fraction of sp³-hybridized carbons (Fsp3) is 0.350. The predicted octanol–water partition coefficient (Wildman–Crippen LogP) is 2.82. The first-order chi connectivity index (χ1) is 13.1. The number of carbonyl (C=O) groups is 2. The molecule has 2 aromatic rings. The number of hydrogen-bond acceptors (Lipinski definition) is 4. The minimum atomic E-state index is -0.0195. The Morgan fingerprint density at radius 1 is 1.00 bits per heavy atom. The second-order valence-corrected chi connectivity index (χ2v) is 7.21. The maximum Gasteiger partial charge on any atom is 0.254 e. The van der Waals surface area contributed by atoms with E-state index in [-0.39, 0.29) is 11.8 Å². The highest BCUT2D eigenvalue weighted by molar-refractivity contribution is 6.34. The van der Waals surface area contributed by atoms with Crippen molar-refractivity contribution in [1.29, 1.82) is 0 Å². The van der Waals surface area contributed by atoms with Crippen LogP contribution >= 0.6 is 11.6 Å². The molecule has 0 aliphatic carbocycles. The average Bonchev–Trinajstić information content (AvgIpc) is 3.14. The largest absolute Gasteiger partial charge is 0.368 e. The van der Waals surface area contributed by atoms with Crippen molar-refractivity contribution in [3.63, 3.8) is 0 Å². The summed E-state index contributed by atoms with van der Waals surface area (Å²) in [6.45, 7) is 3.52. The van der Waals surface area contributed by atoms with E-state index in [9.17, 15) is 9.59 Å². The van der Waals surface area contributed by atoms with Crippen LogP contribution in [-0.4, -0.2) is 54.4 Å². The minimum Gasteiger partial charge on any atom is -0.368 e. The second-order valence-electron chi connectivity index (χ2n) is 6.80. The van der Waals surface area contributed by atoms with Crippen molar-refractivity contribution in [1.82, 2.24) is 9.88 Å². The van der Waals surface area contributed by atoms with Crippen molar-refractivity contribution in [2.24, 2.45) is 0 Å². The molecule has 6 nitrogen and oxygen atoms in total. The minimum absolute atomic E-state index is 0.0195. The third kappa shape index (κ3) is 3.62. The predicted molar refractivity (Wildman–Crippen MR) is 105 cm³/mol. The number of piperazine rings is 1. The van der Waals surface area contributed by atoms with Gasteiger partial charge in [-0.1, -0.05) is 11.6 Å². The van der Waals surface area contributed by atoms with Gasteiger partial charge in [0.1, 0.15) is 0 Å². The molecule has 27 heavy (non-hydrogen) atoms. The van der Waals surface area contributed by atoms with Gasteiger partial charge in [0.25, 0.3) is 5.91 Å². The SMILES string of the molecule is O=C(c1ccc(Cl)c(N2CCCC2=O)c1)N1CCN(c2ccncc2)CC1. The van der Waals surface area contributed by atoms with Crippen LogP contribution in [0, 0.1) is 0 Å². The zero-order valence-corrected chi connectivity index (χ0v) is 15.7. The number of hydrogen-bond donors (Lipinski definition) is 0. The van der Waals surface area contributed by atoms with Crippen molar-refractivity contribution in [2.45, 2.75) is 12.8 Å². The molecule has 2 aliphatic rings. The maximum atomic E-state index is 13.0. The lowest BCUT2D eigenvalue weighted by Crippen LogP contribution is -2.48. The number of rotatable bonds is 3. The maximum absolute atomic E-state index is 13.0. The molecule has 0 saturated carbocycles. The van der Waals surface area contributed by atoms with Crippen LogP contribution in [0.4, 0.5) is 11.4 Å². The van der Waals surface area contributed by atoms with Crippen LogP contribution in [0.15, 0.2) is 42.7 Å². The molecule has 0 atom stereocenters. The monoisotopic (exact) mass is 384 g/mol. The van der Waals surface area contributed by atoms with E-state index < -0.39 is 0 Å². The number of aromatic nitrogens is 1. The van der Waals surface area contributed by atoms with Gasteiger partial charge in [0, 0.05) is 62.8 Å². The Morgan fingerprint density at radius 2 is 1.74 bits per heavy atom. The number of pyridine rings is 1. The zero-order valence-electron chi connectivity index (χ0n) is 15.0. The van der Waals surface area contributed by atoms with Crippen molar-refractivity contribution < 1.29 is 9.59 Å². The number of halogens is 1. The number of amides is 2. The molecule has 4 rings (SSSR count). The van der Waals surface area contributed by atoms with Gasteiger partial charge in [0.2, 0.25) is 5.91 Å². The van der Waals surface area contributed by atoms with Crippen molar-refractivity contribution in [3.8, 4) is 0 Å². The Morgan fingerprint density at radius 3 is 2.41 bits per heavy atom. The van der Waals surface area contributed by atoms with Crippen molar-refractivity contribution in [2.75, 3.05) is 42.5 Å². The Hall–Kier alpha value is -2.60. The fourth-order valence-electron chi connectivity index (χ4n) is 3.66. The molecule has 0 unspecified atom stereocenters. The molecule has 0 N–H and O–H groups in total. The Bertz CT molecular complexity index is 850. The van der Waals surface area contributed by atoms with Gasteiger partial charge in [-0.15, -0.1) is 0 Å². The van der Waals surface area contributed by atoms with Crippen LogP contribution in [0.2, 0.25) is 5.02 Å². The van der Waals surface area contributed by atoms with E-state index in [1.54, 1.807) is 35.5 Å². The molecule has 2 aliphatic heterocycles. The fourth-order valence-corrected chi connectivity index (χ4v) is 3.88. The summed E-state index contributed by atoms with van der Waals surface area (Å²) in [4.78, 5) is 34.8. The van der Waals surface area contributed by atoms with E-state index in [1.807, 2.05) is 17.0 Å². The van der Waals surface area contributed by atoms with Crippen LogP contribution in [0.1, 0.15) is 23.2 Å². The van der Waals surface area contributed by atoms with Gasteiger partial charge in [0.05, 0.1) is 10.7 Å². The summed E-state index contributed by atoms with van der Waals surface area (Å²) in [5.74, 6) is 0.0430. The first kappa shape index (κ1) is 17.8. The highest BCUT2D eigenvalue weighted by Gasteiger charge is 2.26. The van der Waals surface area contributed by atoms with E-state index in [4.69, 9.17) is 11.6 Å². The van der Waals surface area contributed by atoms with Crippen molar-refractivity contribution >= 4 is 34.8 Å². The second kappa shape index (κ2) is 7.56. The molecule has 2 saturated heterocycles. The highest BCUT2D eigenvalue weighted by atomic mass is 35.5. The molecular weight excluding hydrogens is 364 g/mol. The summed E-state index contributed by atoms with van der Waals surface area (Å²) in [7, 11) is 0. The Labute approximate surface area is 163 Å². The molecule has 2 amide bonds. The summed E-state index contributed by atoms with van der Waals surface area (Å²) in [6.07, 6.45) is 4.92. The lowest BCUT2D eigenvalue weighted by atomic mass is 10.1. The lowest BCUT2D eigenvalue weighted by molar-refractivity contribution is -0.117. The van der Waals surface area contributed by atoms with Gasteiger partial charge in [-0.25, -0.2) is 0 Å². The highest BCUT2D eigenvalue weighted by Crippen LogP contribution is 2.31. The average molecular weight is 385 g/mol. The lowest BCUT2D eigenvalue weighted by Gasteiger charge is -2.36. The van der Waals surface area contributed by atoms with Gasteiger partial charge in [-0.3, -0.25) is 14.6 Å². The third-order valence-corrected chi connectivity index (χ3v) is 5.47. The quantitative estimate of drug-likeness (QED) is 0.816. The van der Waals surface area contributed by atoms with E-state index in [1.165, 1.54) is 0 Å². The zero-order chi connectivity index (χ0) is 18.8. The van der Waals surface area contributed by atoms with Crippen LogP contribution < -0.4 is 9.80 Å². The van der Waals surface area contributed by atoms with E-state index in [0.29, 0.717) is 42.3 Å². The number of anilines is 2. The van der Waals surface area contributed by atoms with Crippen LogP contribution in [0.25, 0.3) is 0 Å². The molecule has 1 aromatic heterocycles. The van der Waals surface area contributed by atoms with Crippen LogP contribution in [0.5, 0.6) is 0 Å². The van der Waals surface area contributed by atoms with E-state index >= 15 is 0 Å². The number of benzene rings is 1. The summed E-state index contributed by atoms with van der Waals surface area (Å²) in [6, 6.07) is 9.17. The first-order valence-corrected chi connectivity index (χ1v) is 9.55. The normalized spacial score (nSPS) is 17.5. The van der Waals surface area contributed by atoms with Gasteiger partial charge in [-0.2, -0.15) is 0 Å². The molecular formula is C20H21ClN4O2. The standard InChI is InChI=1S/C20H21ClN4O2/c21-17-4-3-15(14-18(17)25-9-1-2-19(25)26)20(27)24-12-10-23(11-13-24)16-5-7-22-8-6-16/h3-8,14H,1-2,9-13H2.